The number of nitrogens with zero attached hydrogens (tertiary/aromatic N) is 1. The van der Waals surface area contributed by atoms with Crippen LogP contribution in [-0.4, -0.2) is 24.0 Å². The van der Waals surface area contributed by atoms with Gasteiger partial charge in [0.25, 0.3) is 5.91 Å². The molecule has 1 rings (SSSR count). The molecule has 0 bridgehead atoms. The van der Waals surface area contributed by atoms with Crippen molar-refractivity contribution in [1.29, 1.82) is 0 Å². The van der Waals surface area contributed by atoms with Crippen LogP contribution < -0.4 is 11.1 Å². The van der Waals surface area contributed by atoms with Gasteiger partial charge in [-0.25, -0.2) is 4.39 Å². The summed E-state index contributed by atoms with van der Waals surface area (Å²) in [6.07, 6.45) is 4.20. The summed E-state index contributed by atoms with van der Waals surface area (Å²) in [5.74, 6) is -0.833. The van der Waals surface area contributed by atoms with Gasteiger partial charge in [0.1, 0.15) is 5.82 Å². The predicted molar refractivity (Wildman–Crippen MR) is 68.6 cm³/mol. The molecule has 0 aliphatic rings. The zero-order chi connectivity index (χ0) is 13.6. The summed E-state index contributed by atoms with van der Waals surface area (Å²) in [6.45, 7) is 5.10. The summed E-state index contributed by atoms with van der Waals surface area (Å²) >= 11 is 0. The van der Waals surface area contributed by atoms with E-state index < -0.39 is 5.82 Å². The van der Waals surface area contributed by atoms with E-state index in [0.717, 1.165) is 19.0 Å². The van der Waals surface area contributed by atoms with E-state index in [0.29, 0.717) is 13.1 Å². The number of hydrogen-bond donors (Lipinski definition) is 2. The molecule has 0 aliphatic carbocycles. The molecule has 5 heteroatoms. The fourth-order valence-corrected chi connectivity index (χ4v) is 1.77. The topological polar surface area (TPSA) is 68.0 Å². The van der Waals surface area contributed by atoms with Gasteiger partial charge in [0.2, 0.25) is 0 Å². The van der Waals surface area contributed by atoms with Gasteiger partial charge in [-0.1, -0.05) is 13.8 Å². The first-order valence-corrected chi connectivity index (χ1v) is 6.15. The summed E-state index contributed by atoms with van der Waals surface area (Å²) in [6, 6.07) is 1.17. The third kappa shape index (κ3) is 3.50. The first-order valence-electron chi connectivity index (χ1n) is 6.15. The second-order valence-corrected chi connectivity index (χ2v) is 4.49. The number of aromatic nitrogens is 1. The third-order valence-electron chi connectivity index (χ3n) is 3.52. The van der Waals surface area contributed by atoms with E-state index in [4.69, 9.17) is 5.73 Å². The van der Waals surface area contributed by atoms with Crippen molar-refractivity contribution in [2.24, 2.45) is 11.1 Å². The smallest absolute Gasteiger partial charge is 0.252 e. The van der Waals surface area contributed by atoms with Crippen molar-refractivity contribution in [3.05, 3.63) is 29.8 Å². The van der Waals surface area contributed by atoms with Crippen LogP contribution in [0.15, 0.2) is 18.5 Å². The molecule has 3 N–H and O–H groups in total. The standard InChI is InChI=1S/C13H20FN3O/c1-3-13(4-2,8-15)9-17-12(18)10-5-11(14)7-16-6-10/h5-7H,3-4,8-9,15H2,1-2H3,(H,17,18). The lowest BCUT2D eigenvalue weighted by molar-refractivity contribution is 0.0927. The van der Waals surface area contributed by atoms with Crippen LogP contribution in [0.5, 0.6) is 0 Å². The van der Waals surface area contributed by atoms with E-state index in [2.05, 4.69) is 10.3 Å². The second-order valence-electron chi connectivity index (χ2n) is 4.49. The number of carbonyl (C=O) groups is 1. The Kier molecular flexibility index (Phi) is 5.22. The molecule has 0 saturated heterocycles. The summed E-state index contributed by atoms with van der Waals surface area (Å²) in [7, 11) is 0. The monoisotopic (exact) mass is 253 g/mol. The number of nitrogens with two attached hydrogens (primary N) is 1. The fraction of sp³-hybridized carbons (Fsp3) is 0.538. The van der Waals surface area contributed by atoms with Gasteiger partial charge in [-0.3, -0.25) is 9.78 Å². The minimum atomic E-state index is -0.515. The maximum absolute atomic E-state index is 12.9. The summed E-state index contributed by atoms with van der Waals surface area (Å²) in [5.41, 5.74) is 5.90. The van der Waals surface area contributed by atoms with Crippen LogP contribution in [0.3, 0.4) is 0 Å². The fourth-order valence-electron chi connectivity index (χ4n) is 1.77. The first kappa shape index (κ1) is 14.6. The van der Waals surface area contributed by atoms with Crippen LogP contribution in [0.4, 0.5) is 4.39 Å². The molecule has 0 spiro atoms. The number of hydrogen-bond acceptors (Lipinski definition) is 3. The molecule has 1 aromatic heterocycles. The first-order chi connectivity index (χ1) is 8.56. The molecule has 1 aromatic rings. The average molecular weight is 253 g/mol. The van der Waals surface area contributed by atoms with Gasteiger partial charge in [0.15, 0.2) is 0 Å². The van der Waals surface area contributed by atoms with Crippen LogP contribution in [0.1, 0.15) is 37.0 Å². The van der Waals surface area contributed by atoms with Crippen LogP contribution >= 0.6 is 0 Å². The molecule has 0 saturated carbocycles. The maximum atomic E-state index is 12.9. The molecule has 100 valence electrons. The highest BCUT2D eigenvalue weighted by Crippen LogP contribution is 2.23. The van der Waals surface area contributed by atoms with Crippen molar-refractivity contribution in [2.45, 2.75) is 26.7 Å². The van der Waals surface area contributed by atoms with E-state index in [-0.39, 0.29) is 16.9 Å². The summed E-state index contributed by atoms with van der Waals surface area (Å²) in [4.78, 5) is 15.5. The lowest BCUT2D eigenvalue weighted by Gasteiger charge is -2.30. The van der Waals surface area contributed by atoms with Gasteiger partial charge in [-0.2, -0.15) is 0 Å². The Morgan fingerprint density at radius 1 is 1.44 bits per heavy atom. The average Bonchev–Trinajstić information content (AvgIpc) is 2.40. The molecule has 0 fully saturated rings. The Bertz CT molecular complexity index is 397. The van der Waals surface area contributed by atoms with Crippen LogP contribution in [0, 0.1) is 11.2 Å². The SMILES string of the molecule is CCC(CC)(CN)CNC(=O)c1cncc(F)c1. The zero-order valence-electron chi connectivity index (χ0n) is 10.9. The highest BCUT2D eigenvalue weighted by Gasteiger charge is 2.25. The minimum absolute atomic E-state index is 0.0869. The highest BCUT2D eigenvalue weighted by molar-refractivity contribution is 5.93. The molecule has 0 aromatic carbocycles. The molecular weight excluding hydrogens is 233 g/mol. The quantitative estimate of drug-likeness (QED) is 0.811. The van der Waals surface area contributed by atoms with Crippen molar-refractivity contribution < 1.29 is 9.18 Å². The third-order valence-corrected chi connectivity index (χ3v) is 3.52. The largest absolute Gasteiger partial charge is 0.351 e. The van der Waals surface area contributed by atoms with E-state index in [1.807, 2.05) is 13.8 Å². The van der Waals surface area contributed by atoms with E-state index in [9.17, 15) is 9.18 Å². The number of nitrogens with one attached hydrogen (secondary N) is 1. The number of pyridine rings is 1. The van der Waals surface area contributed by atoms with E-state index >= 15 is 0 Å². The molecule has 1 heterocycles. The van der Waals surface area contributed by atoms with Crippen molar-refractivity contribution in [1.82, 2.24) is 10.3 Å². The Morgan fingerprint density at radius 2 is 2.11 bits per heavy atom. The van der Waals surface area contributed by atoms with Gasteiger partial charge < -0.3 is 11.1 Å². The van der Waals surface area contributed by atoms with Gasteiger partial charge in [-0.05, 0) is 30.9 Å². The van der Waals surface area contributed by atoms with Crippen LogP contribution in [-0.2, 0) is 0 Å². The molecule has 0 radical (unpaired) electrons. The number of carbonyl (C=O) groups excluding carboxylic acids is 1. The Hall–Kier alpha value is -1.49. The van der Waals surface area contributed by atoms with Crippen molar-refractivity contribution in [3.63, 3.8) is 0 Å². The van der Waals surface area contributed by atoms with Crippen molar-refractivity contribution in [3.8, 4) is 0 Å². The normalized spacial score (nSPS) is 11.3. The maximum Gasteiger partial charge on any atom is 0.252 e. The minimum Gasteiger partial charge on any atom is -0.351 e. The van der Waals surface area contributed by atoms with E-state index in [1.165, 1.54) is 12.3 Å². The summed E-state index contributed by atoms with van der Waals surface area (Å²) in [5, 5.41) is 2.79. The molecule has 1 amide bonds. The zero-order valence-corrected chi connectivity index (χ0v) is 10.9. The van der Waals surface area contributed by atoms with Crippen molar-refractivity contribution in [2.75, 3.05) is 13.1 Å². The molecule has 0 unspecified atom stereocenters. The summed E-state index contributed by atoms with van der Waals surface area (Å²) < 4.78 is 12.9. The molecule has 18 heavy (non-hydrogen) atoms. The van der Waals surface area contributed by atoms with Gasteiger partial charge in [0.05, 0.1) is 11.8 Å². The van der Waals surface area contributed by atoms with Crippen molar-refractivity contribution >= 4 is 5.91 Å². The number of amides is 1. The second kappa shape index (κ2) is 6.44. The Morgan fingerprint density at radius 3 is 2.61 bits per heavy atom. The number of rotatable bonds is 6. The Balaban J connectivity index is 2.66. The van der Waals surface area contributed by atoms with Crippen LogP contribution in [0.25, 0.3) is 0 Å². The van der Waals surface area contributed by atoms with Crippen LogP contribution in [0.2, 0.25) is 0 Å². The Labute approximate surface area is 107 Å². The lowest BCUT2D eigenvalue weighted by Crippen LogP contribution is -2.41. The van der Waals surface area contributed by atoms with Gasteiger partial charge in [-0.15, -0.1) is 0 Å². The van der Waals surface area contributed by atoms with Gasteiger partial charge >= 0.3 is 0 Å². The predicted octanol–water partition coefficient (Wildman–Crippen LogP) is 1.72. The highest BCUT2D eigenvalue weighted by atomic mass is 19.1. The molecule has 0 atom stereocenters. The van der Waals surface area contributed by atoms with Gasteiger partial charge in [0, 0.05) is 12.7 Å². The lowest BCUT2D eigenvalue weighted by atomic mass is 9.82. The van der Waals surface area contributed by atoms with E-state index in [1.54, 1.807) is 0 Å². The molecule has 0 aliphatic heterocycles. The number of halogens is 1. The molecular formula is C13H20FN3O. The molecule has 4 nitrogen and oxygen atoms in total.